The summed E-state index contributed by atoms with van der Waals surface area (Å²) in [6.45, 7) is 1.58. The fourth-order valence-electron chi connectivity index (χ4n) is 3.28. The van der Waals surface area contributed by atoms with Crippen molar-refractivity contribution < 1.29 is 18.7 Å². The number of hydrogen-bond donors (Lipinski definition) is 1. The Labute approximate surface area is 174 Å². The molecule has 1 N–H and O–H groups in total. The molecule has 0 aliphatic carbocycles. The van der Waals surface area contributed by atoms with Crippen molar-refractivity contribution in [1.82, 2.24) is 4.98 Å². The number of nitrogens with zero attached hydrogens (tertiary/aromatic N) is 2. The Bertz CT molecular complexity index is 982. The summed E-state index contributed by atoms with van der Waals surface area (Å²) in [5, 5.41) is 2.67. The van der Waals surface area contributed by atoms with Gasteiger partial charge in [0.05, 0.1) is 18.4 Å². The minimum atomic E-state index is -0.534. The molecule has 154 valence electrons. The highest BCUT2D eigenvalue weighted by Gasteiger charge is 2.25. The molecule has 1 fully saturated rings. The molecule has 1 amide bonds. The van der Waals surface area contributed by atoms with Gasteiger partial charge in [0, 0.05) is 13.0 Å². The standard InChI is InChI=1S/C23H22FN3O3/c24-20-8-4-5-9-21(20)30-19-12-13-27(15-19)22-11-10-18(14-25-22)26-23(28)29-16-17-6-2-1-3-7-17/h1-11,14,19H,12-13,15-16H2,(H,26,28). The number of carbonyl (C=O) groups excluding carboxylic acids is 1. The molecule has 3 aromatic rings. The minimum Gasteiger partial charge on any atom is -0.485 e. The first-order valence-electron chi connectivity index (χ1n) is 9.77. The van der Waals surface area contributed by atoms with Crippen LogP contribution in [0.3, 0.4) is 0 Å². The number of hydrogen-bond acceptors (Lipinski definition) is 5. The third-order valence-electron chi connectivity index (χ3n) is 4.81. The molecule has 4 rings (SSSR count). The van der Waals surface area contributed by atoms with Gasteiger partial charge < -0.3 is 14.4 Å². The van der Waals surface area contributed by atoms with Crippen LogP contribution in [0.15, 0.2) is 72.9 Å². The van der Waals surface area contributed by atoms with Gasteiger partial charge >= 0.3 is 6.09 Å². The smallest absolute Gasteiger partial charge is 0.412 e. The van der Waals surface area contributed by atoms with Crippen molar-refractivity contribution in [2.24, 2.45) is 0 Å². The van der Waals surface area contributed by atoms with E-state index in [9.17, 15) is 9.18 Å². The largest absolute Gasteiger partial charge is 0.485 e. The molecule has 0 saturated carbocycles. The topological polar surface area (TPSA) is 63.7 Å². The Morgan fingerprint density at radius 3 is 2.67 bits per heavy atom. The van der Waals surface area contributed by atoms with Gasteiger partial charge in [0.25, 0.3) is 0 Å². The number of benzene rings is 2. The third kappa shape index (κ3) is 5.05. The SMILES string of the molecule is O=C(Nc1ccc(N2CCC(Oc3ccccc3F)C2)nc1)OCc1ccccc1. The lowest BCUT2D eigenvalue weighted by Gasteiger charge is -2.18. The molecule has 1 unspecified atom stereocenters. The van der Waals surface area contributed by atoms with Crippen LogP contribution in [0, 0.1) is 5.82 Å². The van der Waals surface area contributed by atoms with E-state index in [0.717, 1.165) is 24.3 Å². The molecule has 7 heteroatoms. The number of ether oxygens (including phenoxy) is 2. The van der Waals surface area contributed by atoms with E-state index < -0.39 is 6.09 Å². The Kier molecular flexibility index (Phi) is 6.08. The number of aromatic nitrogens is 1. The maximum Gasteiger partial charge on any atom is 0.412 e. The van der Waals surface area contributed by atoms with Gasteiger partial charge in [-0.3, -0.25) is 5.32 Å². The quantitative estimate of drug-likeness (QED) is 0.646. The van der Waals surface area contributed by atoms with Gasteiger partial charge in [-0.2, -0.15) is 0 Å². The van der Waals surface area contributed by atoms with Gasteiger partial charge in [-0.1, -0.05) is 42.5 Å². The highest BCUT2D eigenvalue weighted by atomic mass is 19.1. The fraction of sp³-hybridized carbons (Fsp3) is 0.217. The highest BCUT2D eigenvalue weighted by Crippen LogP contribution is 2.24. The molecule has 2 aromatic carbocycles. The molecule has 1 aliphatic rings. The van der Waals surface area contributed by atoms with Crippen molar-refractivity contribution in [2.75, 3.05) is 23.3 Å². The van der Waals surface area contributed by atoms with Crippen molar-refractivity contribution >= 4 is 17.6 Å². The van der Waals surface area contributed by atoms with Crippen LogP contribution in [0.2, 0.25) is 0 Å². The van der Waals surface area contributed by atoms with E-state index in [1.807, 2.05) is 36.4 Å². The monoisotopic (exact) mass is 407 g/mol. The summed E-state index contributed by atoms with van der Waals surface area (Å²) in [4.78, 5) is 18.4. The third-order valence-corrected chi connectivity index (χ3v) is 4.81. The zero-order valence-electron chi connectivity index (χ0n) is 16.3. The summed E-state index contributed by atoms with van der Waals surface area (Å²) in [7, 11) is 0. The lowest BCUT2D eigenvalue weighted by Crippen LogP contribution is -2.25. The van der Waals surface area contributed by atoms with Crippen LogP contribution >= 0.6 is 0 Å². The number of nitrogens with one attached hydrogen (secondary N) is 1. The molecule has 1 aromatic heterocycles. The van der Waals surface area contributed by atoms with E-state index in [-0.39, 0.29) is 24.3 Å². The Balaban J connectivity index is 1.27. The zero-order valence-corrected chi connectivity index (χ0v) is 16.3. The van der Waals surface area contributed by atoms with Gasteiger partial charge in [0.2, 0.25) is 0 Å². The summed E-state index contributed by atoms with van der Waals surface area (Å²) in [6, 6.07) is 19.5. The Morgan fingerprint density at radius 2 is 1.90 bits per heavy atom. The average molecular weight is 407 g/mol. The fourth-order valence-corrected chi connectivity index (χ4v) is 3.28. The van der Waals surface area contributed by atoms with Crippen LogP contribution in [-0.4, -0.2) is 30.3 Å². The van der Waals surface area contributed by atoms with Gasteiger partial charge in [0.1, 0.15) is 18.5 Å². The van der Waals surface area contributed by atoms with E-state index in [0.29, 0.717) is 12.2 Å². The summed E-state index contributed by atoms with van der Waals surface area (Å²) >= 11 is 0. The lowest BCUT2D eigenvalue weighted by molar-refractivity contribution is 0.155. The van der Waals surface area contributed by atoms with Crippen LogP contribution in [0.1, 0.15) is 12.0 Å². The molecule has 6 nitrogen and oxygen atoms in total. The van der Waals surface area contributed by atoms with Crippen molar-refractivity contribution in [1.29, 1.82) is 0 Å². The van der Waals surface area contributed by atoms with Gasteiger partial charge in [0.15, 0.2) is 11.6 Å². The minimum absolute atomic E-state index is 0.102. The van der Waals surface area contributed by atoms with E-state index in [1.165, 1.54) is 6.07 Å². The first kappa shape index (κ1) is 19.7. The second kappa shape index (κ2) is 9.26. The van der Waals surface area contributed by atoms with Gasteiger partial charge in [-0.15, -0.1) is 0 Å². The lowest BCUT2D eigenvalue weighted by atomic mass is 10.2. The van der Waals surface area contributed by atoms with Crippen molar-refractivity contribution in [3.05, 3.63) is 84.3 Å². The number of anilines is 2. The van der Waals surface area contributed by atoms with E-state index in [1.54, 1.807) is 30.5 Å². The molecule has 0 spiro atoms. The van der Waals surface area contributed by atoms with E-state index in [2.05, 4.69) is 15.2 Å². The van der Waals surface area contributed by atoms with Crippen LogP contribution in [-0.2, 0) is 11.3 Å². The number of halogens is 1. The molecular formula is C23H22FN3O3. The van der Waals surface area contributed by atoms with Crippen molar-refractivity contribution in [3.63, 3.8) is 0 Å². The van der Waals surface area contributed by atoms with Crippen molar-refractivity contribution in [3.8, 4) is 5.75 Å². The summed E-state index contributed by atoms with van der Waals surface area (Å²) in [6.07, 6.45) is 1.73. The number of para-hydroxylation sites is 1. The van der Waals surface area contributed by atoms with Crippen LogP contribution in [0.25, 0.3) is 0 Å². The molecule has 1 atom stereocenters. The average Bonchev–Trinajstić information content (AvgIpc) is 3.24. The summed E-state index contributed by atoms with van der Waals surface area (Å²) in [5.74, 6) is 0.687. The molecule has 0 bridgehead atoms. The zero-order chi connectivity index (χ0) is 20.8. The summed E-state index contributed by atoms with van der Waals surface area (Å²) in [5.41, 5.74) is 1.47. The van der Waals surface area contributed by atoms with Crippen LogP contribution in [0.4, 0.5) is 20.7 Å². The maximum atomic E-state index is 13.8. The van der Waals surface area contributed by atoms with Crippen LogP contribution < -0.4 is 15.0 Å². The molecular weight excluding hydrogens is 385 g/mol. The Hall–Kier alpha value is -3.61. The second-order valence-electron chi connectivity index (χ2n) is 7.00. The number of rotatable bonds is 6. The van der Waals surface area contributed by atoms with Crippen molar-refractivity contribution in [2.45, 2.75) is 19.1 Å². The predicted octanol–water partition coefficient (Wildman–Crippen LogP) is 4.63. The first-order chi connectivity index (χ1) is 14.7. The molecule has 1 saturated heterocycles. The highest BCUT2D eigenvalue weighted by molar-refractivity contribution is 5.84. The predicted molar refractivity (Wildman–Crippen MR) is 112 cm³/mol. The Morgan fingerprint density at radius 1 is 1.10 bits per heavy atom. The van der Waals surface area contributed by atoms with Gasteiger partial charge in [-0.25, -0.2) is 14.2 Å². The van der Waals surface area contributed by atoms with Crippen LogP contribution in [0.5, 0.6) is 5.75 Å². The number of carbonyl (C=O) groups is 1. The second-order valence-corrected chi connectivity index (χ2v) is 7.00. The molecule has 1 aliphatic heterocycles. The summed E-state index contributed by atoms with van der Waals surface area (Å²) < 4.78 is 24.8. The molecule has 2 heterocycles. The molecule has 30 heavy (non-hydrogen) atoms. The number of pyridine rings is 1. The van der Waals surface area contributed by atoms with E-state index in [4.69, 9.17) is 9.47 Å². The maximum absolute atomic E-state index is 13.8. The van der Waals surface area contributed by atoms with Gasteiger partial charge in [-0.05, 0) is 29.8 Å². The first-order valence-corrected chi connectivity index (χ1v) is 9.77. The number of amides is 1. The molecule has 0 radical (unpaired) electrons. The normalized spacial score (nSPS) is 15.6. The van der Waals surface area contributed by atoms with E-state index >= 15 is 0 Å².